The maximum Gasteiger partial charge on any atom is 0.335 e. The summed E-state index contributed by atoms with van der Waals surface area (Å²) in [6.45, 7) is 1.22. The number of aromatic carboxylic acids is 1. The van der Waals surface area contributed by atoms with Crippen LogP contribution < -0.4 is 4.90 Å². The van der Waals surface area contributed by atoms with E-state index < -0.39 is 5.97 Å². The first-order valence-electron chi connectivity index (χ1n) is 6.38. The van der Waals surface area contributed by atoms with Crippen LogP contribution in [0.3, 0.4) is 0 Å². The number of carbonyl (C=O) groups is 1. The SMILES string of the molecule is N#Cc1ccc(Cl)cc1N1Cc2ccc(C(=O)O)cc2C1. The third-order valence-electron chi connectivity index (χ3n) is 3.60. The van der Waals surface area contributed by atoms with Gasteiger partial charge in [0.05, 0.1) is 16.8 Å². The smallest absolute Gasteiger partial charge is 0.335 e. The second-order valence-corrected chi connectivity index (χ2v) is 5.35. The highest BCUT2D eigenvalue weighted by Crippen LogP contribution is 2.32. The summed E-state index contributed by atoms with van der Waals surface area (Å²) in [6, 6.07) is 12.4. The first-order valence-corrected chi connectivity index (χ1v) is 6.76. The fourth-order valence-corrected chi connectivity index (χ4v) is 2.73. The number of hydrogen-bond donors (Lipinski definition) is 1. The number of anilines is 1. The van der Waals surface area contributed by atoms with E-state index in [0.29, 0.717) is 23.7 Å². The molecule has 0 fully saturated rings. The molecule has 1 aliphatic heterocycles. The lowest BCUT2D eigenvalue weighted by Crippen LogP contribution is -2.15. The minimum absolute atomic E-state index is 0.280. The Balaban J connectivity index is 1.97. The molecule has 4 nitrogen and oxygen atoms in total. The molecule has 2 aromatic carbocycles. The van der Waals surface area contributed by atoms with Crippen LogP contribution in [0.5, 0.6) is 0 Å². The van der Waals surface area contributed by atoms with Gasteiger partial charge in [0.2, 0.25) is 0 Å². The van der Waals surface area contributed by atoms with Crippen LogP contribution in [0.25, 0.3) is 0 Å². The van der Waals surface area contributed by atoms with Crippen LogP contribution in [0, 0.1) is 11.3 Å². The quantitative estimate of drug-likeness (QED) is 0.922. The van der Waals surface area contributed by atoms with Crippen LogP contribution in [0.4, 0.5) is 5.69 Å². The van der Waals surface area contributed by atoms with Crippen LogP contribution in [-0.4, -0.2) is 11.1 Å². The molecular weight excluding hydrogens is 288 g/mol. The summed E-state index contributed by atoms with van der Waals surface area (Å²) in [7, 11) is 0. The summed E-state index contributed by atoms with van der Waals surface area (Å²) in [5.41, 5.74) is 3.66. The minimum Gasteiger partial charge on any atom is -0.478 e. The van der Waals surface area contributed by atoms with Gasteiger partial charge in [0.1, 0.15) is 6.07 Å². The lowest BCUT2D eigenvalue weighted by atomic mass is 10.1. The minimum atomic E-state index is -0.934. The van der Waals surface area contributed by atoms with Crippen molar-refractivity contribution in [2.45, 2.75) is 13.1 Å². The van der Waals surface area contributed by atoms with Gasteiger partial charge in [-0.3, -0.25) is 0 Å². The molecule has 0 spiro atoms. The van der Waals surface area contributed by atoms with Crippen LogP contribution >= 0.6 is 11.6 Å². The molecule has 21 heavy (non-hydrogen) atoms. The monoisotopic (exact) mass is 298 g/mol. The Morgan fingerprint density at radius 1 is 1.19 bits per heavy atom. The molecule has 0 bridgehead atoms. The van der Waals surface area contributed by atoms with E-state index in [2.05, 4.69) is 6.07 Å². The molecule has 104 valence electrons. The number of hydrogen-bond acceptors (Lipinski definition) is 3. The van der Waals surface area contributed by atoms with Gasteiger partial charge in [-0.15, -0.1) is 0 Å². The second-order valence-electron chi connectivity index (χ2n) is 4.92. The van der Waals surface area contributed by atoms with Gasteiger partial charge in [0.15, 0.2) is 0 Å². The standard InChI is InChI=1S/C16H11ClN2O2/c17-14-4-3-11(7-18)15(6-14)19-8-12-2-1-10(16(20)21)5-13(12)9-19/h1-6H,8-9H2,(H,20,21). The van der Waals surface area contributed by atoms with Crippen molar-refractivity contribution in [2.24, 2.45) is 0 Å². The number of benzene rings is 2. The van der Waals surface area contributed by atoms with Gasteiger partial charge in [0.25, 0.3) is 0 Å². The van der Waals surface area contributed by atoms with Crippen molar-refractivity contribution >= 4 is 23.3 Å². The Bertz CT molecular complexity index is 780. The lowest BCUT2D eigenvalue weighted by Gasteiger charge is -2.19. The first-order chi connectivity index (χ1) is 10.1. The molecule has 0 aromatic heterocycles. The molecule has 5 heteroatoms. The van der Waals surface area contributed by atoms with Crippen molar-refractivity contribution in [3.63, 3.8) is 0 Å². The van der Waals surface area contributed by atoms with E-state index in [-0.39, 0.29) is 5.56 Å². The predicted octanol–water partition coefficient (Wildman–Crippen LogP) is 3.43. The average Bonchev–Trinajstić information content (AvgIpc) is 2.89. The zero-order chi connectivity index (χ0) is 15.0. The molecule has 1 N–H and O–H groups in total. The van der Waals surface area contributed by atoms with E-state index in [1.54, 1.807) is 30.3 Å². The molecular formula is C16H11ClN2O2. The summed E-state index contributed by atoms with van der Waals surface area (Å²) in [5, 5.41) is 18.8. The third kappa shape index (κ3) is 2.44. The van der Waals surface area contributed by atoms with E-state index in [4.69, 9.17) is 16.7 Å². The van der Waals surface area contributed by atoms with Gasteiger partial charge < -0.3 is 10.0 Å². The van der Waals surface area contributed by atoms with Crippen molar-refractivity contribution in [1.29, 1.82) is 5.26 Å². The van der Waals surface area contributed by atoms with Crippen molar-refractivity contribution in [3.8, 4) is 6.07 Å². The predicted molar refractivity (Wildman–Crippen MR) is 79.5 cm³/mol. The van der Waals surface area contributed by atoms with E-state index in [0.717, 1.165) is 16.8 Å². The highest BCUT2D eigenvalue weighted by Gasteiger charge is 2.22. The van der Waals surface area contributed by atoms with E-state index in [9.17, 15) is 10.1 Å². The molecule has 0 unspecified atom stereocenters. The molecule has 0 radical (unpaired) electrons. The fraction of sp³-hybridized carbons (Fsp3) is 0.125. The molecule has 3 rings (SSSR count). The lowest BCUT2D eigenvalue weighted by molar-refractivity contribution is 0.0697. The summed E-state index contributed by atoms with van der Waals surface area (Å²) in [5.74, 6) is -0.934. The Morgan fingerprint density at radius 3 is 2.67 bits per heavy atom. The molecule has 0 saturated heterocycles. The summed E-state index contributed by atoms with van der Waals surface area (Å²) < 4.78 is 0. The molecule has 2 aromatic rings. The van der Waals surface area contributed by atoms with Gasteiger partial charge in [0, 0.05) is 18.1 Å². The Kier molecular flexibility index (Phi) is 3.28. The van der Waals surface area contributed by atoms with Crippen LogP contribution in [0.15, 0.2) is 36.4 Å². The largest absolute Gasteiger partial charge is 0.478 e. The maximum atomic E-state index is 11.0. The molecule has 0 aliphatic carbocycles. The van der Waals surface area contributed by atoms with Crippen LogP contribution in [0.2, 0.25) is 5.02 Å². The highest BCUT2D eigenvalue weighted by atomic mass is 35.5. The van der Waals surface area contributed by atoms with Crippen molar-refractivity contribution in [2.75, 3.05) is 4.90 Å². The van der Waals surface area contributed by atoms with E-state index >= 15 is 0 Å². The second kappa shape index (κ2) is 5.12. The van der Waals surface area contributed by atoms with Gasteiger partial charge in [-0.25, -0.2) is 4.79 Å². The Labute approximate surface area is 126 Å². The van der Waals surface area contributed by atoms with E-state index in [1.165, 1.54) is 0 Å². The van der Waals surface area contributed by atoms with Gasteiger partial charge in [-0.05, 0) is 41.5 Å². The Morgan fingerprint density at radius 2 is 1.95 bits per heavy atom. The fourth-order valence-electron chi connectivity index (χ4n) is 2.56. The maximum absolute atomic E-state index is 11.0. The zero-order valence-corrected chi connectivity index (χ0v) is 11.8. The normalized spacial score (nSPS) is 12.9. The summed E-state index contributed by atoms with van der Waals surface area (Å²) in [4.78, 5) is 13.1. The number of nitriles is 1. The van der Waals surface area contributed by atoms with Gasteiger partial charge in [-0.1, -0.05) is 17.7 Å². The van der Waals surface area contributed by atoms with Crippen LogP contribution in [0.1, 0.15) is 27.0 Å². The first kappa shape index (κ1) is 13.5. The number of nitrogens with zero attached hydrogens (tertiary/aromatic N) is 2. The number of rotatable bonds is 2. The highest BCUT2D eigenvalue weighted by molar-refractivity contribution is 6.30. The van der Waals surface area contributed by atoms with Crippen molar-refractivity contribution < 1.29 is 9.90 Å². The number of carboxylic acid groups (broad SMARTS) is 1. The zero-order valence-electron chi connectivity index (χ0n) is 11.0. The summed E-state index contributed by atoms with van der Waals surface area (Å²) in [6.07, 6.45) is 0. The van der Waals surface area contributed by atoms with Crippen molar-refractivity contribution in [1.82, 2.24) is 0 Å². The van der Waals surface area contributed by atoms with Gasteiger partial charge in [-0.2, -0.15) is 5.26 Å². The topological polar surface area (TPSA) is 64.3 Å². The molecule has 1 aliphatic rings. The van der Waals surface area contributed by atoms with Crippen LogP contribution in [-0.2, 0) is 13.1 Å². The summed E-state index contributed by atoms with van der Waals surface area (Å²) >= 11 is 6.02. The molecule has 0 atom stereocenters. The van der Waals surface area contributed by atoms with E-state index in [1.807, 2.05) is 11.0 Å². The number of carboxylic acids is 1. The van der Waals surface area contributed by atoms with Gasteiger partial charge >= 0.3 is 5.97 Å². The third-order valence-corrected chi connectivity index (χ3v) is 3.83. The molecule has 1 heterocycles. The van der Waals surface area contributed by atoms with Crippen molar-refractivity contribution in [3.05, 3.63) is 63.7 Å². The average molecular weight is 299 g/mol. The number of fused-ring (bicyclic) bond motifs is 1. The molecule has 0 amide bonds. The number of halogens is 1. The Hall–Kier alpha value is -2.51. The molecule has 0 saturated carbocycles.